The zero-order valence-corrected chi connectivity index (χ0v) is 12.2. The predicted octanol–water partition coefficient (Wildman–Crippen LogP) is 4.10. The topological polar surface area (TPSA) is 40.5 Å². The molecule has 3 heteroatoms. The fraction of sp³-hybridized carbons (Fsp3) is 0.562. The minimum Gasteiger partial charge on any atom is -0.465 e. The van der Waals surface area contributed by atoms with Gasteiger partial charge in [0.1, 0.15) is 0 Å². The Morgan fingerprint density at radius 1 is 1.37 bits per heavy atom. The Morgan fingerprint density at radius 2 is 1.95 bits per heavy atom. The highest BCUT2D eigenvalue weighted by Crippen LogP contribution is 2.59. The van der Waals surface area contributed by atoms with Crippen molar-refractivity contribution in [3.8, 4) is 0 Å². The van der Waals surface area contributed by atoms with E-state index in [9.17, 15) is 9.90 Å². The van der Waals surface area contributed by atoms with Gasteiger partial charge >= 0.3 is 6.09 Å². The Labute approximate surface area is 115 Å². The van der Waals surface area contributed by atoms with Crippen LogP contribution in [0.15, 0.2) is 30.3 Å². The number of carboxylic acid groups (broad SMARTS) is 1. The van der Waals surface area contributed by atoms with E-state index in [-0.39, 0.29) is 11.1 Å². The van der Waals surface area contributed by atoms with E-state index in [1.54, 1.807) is 4.90 Å². The summed E-state index contributed by atoms with van der Waals surface area (Å²) >= 11 is 0. The fourth-order valence-corrected chi connectivity index (χ4v) is 3.35. The third-order valence-corrected chi connectivity index (χ3v) is 4.17. The molecule has 0 unspecified atom stereocenters. The molecule has 0 saturated heterocycles. The Hall–Kier alpha value is -1.51. The second kappa shape index (κ2) is 4.55. The molecule has 1 saturated carbocycles. The molecule has 0 spiro atoms. The Morgan fingerprint density at radius 3 is 2.37 bits per heavy atom. The number of hydrogen-bond donors (Lipinski definition) is 1. The molecule has 19 heavy (non-hydrogen) atoms. The maximum atomic E-state index is 11.7. The third-order valence-electron chi connectivity index (χ3n) is 4.17. The molecule has 0 aliphatic heterocycles. The van der Waals surface area contributed by atoms with Gasteiger partial charge in [-0.2, -0.15) is 0 Å². The average molecular weight is 261 g/mol. The Balaban J connectivity index is 2.34. The van der Waals surface area contributed by atoms with Gasteiger partial charge < -0.3 is 5.11 Å². The van der Waals surface area contributed by atoms with E-state index in [0.29, 0.717) is 5.92 Å². The molecule has 1 aliphatic rings. The van der Waals surface area contributed by atoms with Crippen LogP contribution in [0.4, 0.5) is 4.79 Å². The summed E-state index contributed by atoms with van der Waals surface area (Å²) in [6, 6.07) is 10.3. The van der Waals surface area contributed by atoms with Crippen LogP contribution in [-0.4, -0.2) is 27.2 Å². The predicted molar refractivity (Wildman–Crippen MR) is 76.4 cm³/mol. The lowest BCUT2D eigenvalue weighted by molar-refractivity contribution is 0.0566. The van der Waals surface area contributed by atoms with Gasteiger partial charge in [-0.1, -0.05) is 37.3 Å². The molecule has 1 fully saturated rings. The van der Waals surface area contributed by atoms with Crippen LogP contribution >= 0.6 is 0 Å². The summed E-state index contributed by atoms with van der Waals surface area (Å²) in [7, 11) is 0. The molecule has 1 N–H and O–H groups in total. The van der Waals surface area contributed by atoms with Gasteiger partial charge in [0.15, 0.2) is 0 Å². The summed E-state index contributed by atoms with van der Waals surface area (Å²) in [6.45, 7) is 8.00. The maximum absolute atomic E-state index is 11.7. The molecule has 1 amide bonds. The van der Waals surface area contributed by atoms with E-state index < -0.39 is 6.09 Å². The molecule has 1 aromatic carbocycles. The normalized spacial score (nSPS) is 26.0. The zero-order chi connectivity index (χ0) is 14.3. The first-order valence-electron chi connectivity index (χ1n) is 6.91. The highest BCUT2D eigenvalue weighted by molar-refractivity contribution is 5.69. The van der Waals surface area contributed by atoms with E-state index in [1.165, 1.54) is 5.56 Å². The van der Waals surface area contributed by atoms with Crippen LogP contribution in [0, 0.1) is 0 Å². The third kappa shape index (κ3) is 2.34. The molecular formula is C16H23NO2. The largest absolute Gasteiger partial charge is 0.465 e. The van der Waals surface area contributed by atoms with Crippen LogP contribution in [0.3, 0.4) is 0 Å². The number of nitrogens with zero attached hydrogens (tertiary/aromatic N) is 1. The van der Waals surface area contributed by atoms with Gasteiger partial charge in [-0.15, -0.1) is 0 Å². The van der Waals surface area contributed by atoms with Crippen LogP contribution in [0.1, 0.15) is 52.0 Å². The first-order valence-corrected chi connectivity index (χ1v) is 6.91. The number of benzene rings is 1. The van der Waals surface area contributed by atoms with Gasteiger partial charge in [0, 0.05) is 11.5 Å². The van der Waals surface area contributed by atoms with Crippen molar-refractivity contribution in [3.05, 3.63) is 35.9 Å². The van der Waals surface area contributed by atoms with Crippen molar-refractivity contribution in [1.29, 1.82) is 0 Å². The van der Waals surface area contributed by atoms with E-state index in [1.807, 2.05) is 39.0 Å². The lowest BCUT2D eigenvalue weighted by Gasteiger charge is -2.40. The zero-order valence-electron chi connectivity index (χ0n) is 12.2. The summed E-state index contributed by atoms with van der Waals surface area (Å²) in [5, 5.41) is 9.61. The summed E-state index contributed by atoms with van der Waals surface area (Å²) in [5.41, 5.74) is 0.649. The second-order valence-corrected chi connectivity index (χ2v) is 6.41. The van der Waals surface area contributed by atoms with Crippen LogP contribution in [0.5, 0.6) is 0 Å². The van der Waals surface area contributed by atoms with Crippen molar-refractivity contribution in [2.75, 3.05) is 0 Å². The SMILES string of the molecule is CC[C@]1(N(C(=O)O)C(C)(C)C)C[C@@H]1c1ccccc1. The van der Waals surface area contributed by atoms with Gasteiger partial charge in [-0.3, -0.25) is 4.90 Å². The second-order valence-electron chi connectivity index (χ2n) is 6.41. The number of hydrogen-bond acceptors (Lipinski definition) is 1. The highest BCUT2D eigenvalue weighted by atomic mass is 16.4. The summed E-state index contributed by atoms with van der Waals surface area (Å²) in [4.78, 5) is 13.4. The van der Waals surface area contributed by atoms with E-state index in [2.05, 4.69) is 19.1 Å². The lowest BCUT2D eigenvalue weighted by atomic mass is 9.96. The molecule has 0 bridgehead atoms. The smallest absolute Gasteiger partial charge is 0.408 e. The molecule has 1 aliphatic carbocycles. The van der Waals surface area contributed by atoms with E-state index in [0.717, 1.165) is 12.8 Å². The molecule has 2 rings (SSSR count). The summed E-state index contributed by atoms with van der Waals surface area (Å²) in [6.07, 6.45) is 0.973. The average Bonchev–Trinajstić information content (AvgIpc) is 3.03. The van der Waals surface area contributed by atoms with Crippen molar-refractivity contribution in [3.63, 3.8) is 0 Å². The van der Waals surface area contributed by atoms with Crippen molar-refractivity contribution >= 4 is 6.09 Å². The van der Waals surface area contributed by atoms with Crippen molar-refractivity contribution in [1.82, 2.24) is 4.90 Å². The molecule has 0 heterocycles. The highest BCUT2D eigenvalue weighted by Gasteiger charge is 2.61. The molecule has 1 aromatic rings. The quantitative estimate of drug-likeness (QED) is 0.889. The van der Waals surface area contributed by atoms with Gasteiger partial charge in [0.05, 0.1) is 5.54 Å². The number of amides is 1. The first-order chi connectivity index (χ1) is 8.83. The van der Waals surface area contributed by atoms with Gasteiger partial charge in [0.2, 0.25) is 0 Å². The molecule has 3 nitrogen and oxygen atoms in total. The molecule has 0 aromatic heterocycles. The molecule has 0 radical (unpaired) electrons. The van der Waals surface area contributed by atoms with Crippen molar-refractivity contribution in [2.24, 2.45) is 0 Å². The van der Waals surface area contributed by atoms with Gasteiger partial charge in [0.25, 0.3) is 0 Å². The molecular weight excluding hydrogens is 238 g/mol. The number of carbonyl (C=O) groups is 1. The van der Waals surface area contributed by atoms with Gasteiger partial charge in [-0.25, -0.2) is 4.79 Å². The first kappa shape index (κ1) is 13.9. The lowest BCUT2D eigenvalue weighted by Crippen LogP contribution is -2.53. The standard InChI is InChI=1S/C16H23NO2/c1-5-16(17(14(18)19)15(2,3)4)11-13(16)12-9-7-6-8-10-12/h6-10,13H,5,11H2,1-4H3,(H,18,19)/t13-,16+/m1/s1. The minimum absolute atomic E-state index is 0.231. The fourth-order valence-electron chi connectivity index (χ4n) is 3.35. The Bertz CT molecular complexity index is 463. The van der Waals surface area contributed by atoms with Crippen molar-refractivity contribution < 1.29 is 9.90 Å². The van der Waals surface area contributed by atoms with Crippen LogP contribution in [-0.2, 0) is 0 Å². The molecule has 2 atom stereocenters. The monoisotopic (exact) mass is 261 g/mol. The van der Waals surface area contributed by atoms with Gasteiger partial charge in [-0.05, 0) is 39.2 Å². The Kier molecular flexibility index (Phi) is 3.33. The van der Waals surface area contributed by atoms with Crippen LogP contribution in [0.25, 0.3) is 0 Å². The summed E-state index contributed by atoms with van der Waals surface area (Å²) < 4.78 is 0. The maximum Gasteiger partial charge on any atom is 0.408 e. The molecule has 104 valence electrons. The van der Waals surface area contributed by atoms with E-state index >= 15 is 0 Å². The van der Waals surface area contributed by atoms with E-state index in [4.69, 9.17) is 0 Å². The van der Waals surface area contributed by atoms with Crippen LogP contribution < -0.4 is 0 Å². The summed E-state index contributed by atoms with van der Waals surface area (Å²) in [5.74, 6) is 0.328. The van der Waals surface area contributed by atoms with Crippen LogP contribution in [0.2, 0.25) is 0 Å². The number of rotatable bonds is 3. The minimum atomic E-state index is -0.812. The van der Waals surface area contributed by atoms with Crippen molar-refractivity contribution in [2.45, 2.75) is 57.5 Å².